The minimum atomic E-state index is 0.617. The van der Waals surface area contributed by atoms with Gasteiger partial charge in [-0.05, 0) is 24.3 Å². The van der Waals surface area contributed by atoms with Crippen molar-refractivity contribution in [3.8, 4) is 5.69 Å². The molecule has 0 atom stereocenters. The maximum atomic E-state index is 6.13. The first-order chi connectivity index (χ1) is 9.20. The van der Waals surface area contributed by atoms with Crippen molar-refractivity contribution < 1.29 is 4.74 Å². The van der Waals surface area contributed by atoms with Crippen LogP contribution < -0.4 is 5.32 Å². The highest BCUT2D eigenvalue weighted by atomic mass is 35.5. The Hall–Kier alpha value is -1.07. The fourth-order valence-corrected chi connectivity index (χ4v) is 2.01. The normalized spacial score (nSPS) is 10.9. The molecule has 0 unspecified atom stereocenters. The fourth-order valence-electron chi connectivity index (χ4n) is 1.64. The Bertz CT molecular complexity index is 542. The molecule has 0 saturated carbocycles. The van der Waals surface area contributed by atoms with E-state index < -0.39 is 0 Å². The van der Waals surface area contributed by atoms with E-state index in [1.807, 2.05) is 12.3 Å². The summed E-state index contributed by atoms with van der Waals surface area (Å²) >= 11 is 12.1. The van der Waals surface area contributed by atoms with Gasteiger partial charge in [0.15, 0.2) is 0 Å². The van der Waals surface area contributed by atoms with Gasteiger partial charge in [0.1, 0.15) is 0 Å². The zero-order chi connectivity index (χ0) is 13.7. The summed E-state index contributed by atoms with van der Waals surface area (Å²) in [6.45, 7) is 2.16. The smallest absolute Gasteiger partial charge is 0.0846 e. The second-order valence-corrected chi connectivity index (χ2v) is 4.86. The highest BCUT2D eigenvalue weighted by molar-refractivity contribution is 6.34. The van der Waals surface area contributed by atoms with Gasteiger partial charge in [-0.25, -0.2) is 4.68 Å². The summed E-state index contributed by atoms with van der Waals surface area (Å²) in [6.07, 6.45) is 1.87. The topological polar surface area (TPSA) is 39.1 Å². The van der Waals surface area contributed by atoms with E-state index in [1.165, 1.54) is 0 Å². The molecule has 19 heavy (non-hydrogen) atoms. The van der Waals surface area contributed by atoms with Crippen LogP contribution in [0.1, 0.15) is 5.69 Å². The first kappa shape index (κ1) is 14.3. The molecule has 6 heteroatoms. The molecular formula is C13H15Cl2N3O. The van der Waals surface area contributed by atoms with Gasteiger partial charge in [0, 0.05) is 31.4 Å². The van der Waals surface area contributed by atoms with Crippen LogP contribution in [0.15, 0.2) is 30.5 Å². The van der Waals surface area contributed by atoms with Gasteiger partial charge in [-0.1, -0.05) is 23.2 Å². The summed E-state index contributed by atoms with van der Waals surface area (Å²) < 4.78 is 6.69. The molecule has 2 rings (SSSR count). The highest BCUT2D eigenvalue weighted by Gasteiger charge is 2.06. The number of nitrogens with zero attached hydrogens (tertiary/aromatic N) is 2. The SMILES string of the molecule is COCCNCc1ccn(-c2cc(Cl)ccc2Cl)n1. The molecule has 4 nitrogen and oxygen atoms in total. The van der Waals surface area contributed by atoms with Crippen molar-refractivity contribution in [1.29, 1.82) is 0 Å². The molecule has 102 valence electrons. The van der Waals surface area contributed by atoms with Gasteiger partial charge in [-0.3, -0.25) is 0 Å². The molecule has 2 aromatic rings. The molecule has 1 heterocycles. The van der Waals surface area contributed by atoms with E-state index in [9.17, 15) is 0 Å². The van der Waals surface area contributed by atoms with Crippen molar-refractivity contribution in [1.82, 2.24) is 15.1 Å². The van der Waals surface area contributed by atoms with Crippen molar-refractivity contribution in [2.24, 2.45) is 0 Å². The molecule has 0 aliphatic heterocycles. The molecular weight excluding hydrogens is 285 g/mol. The highest BCUT2D eigenvalue weighted by Crippen LogP contribution is 2.23. The number of nitrogens with one attached hydrogen (secondary N) is 1. The monoisotopic (exact) mass is 299 g/mol. The van der Waals surface area contributed by atoms with Crippen LogP contribution in [0.2, 0.25) is 10.0 Å². The second-order valence-electron chi connectivity index (χ2n) is 4.02. The number of ether oxygens (including phenoxy) is 1. The van der Waals surface area contributed by atoms with Gasteiger partial charge in [-0.15, -0.1) is 0 Å². The van der Waals surface area contributed by atoms with E-state index in [1.54, 1.807) is 30.0 Å². The van der Waals surface area contributed by atoms with Gasteiger partial charge < -0.3 is 10.1 Å². The average Bonchev–Trinajstić information content (AvgIpc) is 2.86. The van der Waals surface area contributed by atoms with Crippen molar-refractivity contribution in [3.63, 3.8) is 0 Å². The van der Waals surface area contributed by atoms with E-state index in [4.69, 9.17) is 27.9 Å². The third kappa shape index (κ3) is 3.94. The Labute approximate surface area is 122 Å². The minimum absolute atomic E-state index is 0.617. The Balaban J connectivity index is 2.06. The fraction of sp³-hybridized carbons (Fsp3) is 0.308. The number of halogens is 2. The summed E-state index contributed by atoms with van der Waals surface area (Å²) in [5.74, 6) is 0. The second kappa shape index (κ2) is 6.91. The predicted octanol–water partition coefficient (Wildman–Crippen LogP) is 2.92. The molecule has 0 spiro atoms. The molecule has 1 aromatic carbocycles. The van der Waals surface area contributed by atoms with E-state index in [-0.39, 0.29) is 0 Å². The lowest BCUT2D eigenvalue weighted by atomic mass is 10.3. The lowest BCUT2D eigenvalue weighted by Crippen LogP contribution is -2.18. The maximum Gasteiger partial charge on any atom is 0.0846 e. The zero-order valence-corrected chi connectivity index (χ0v) is 12.1. The van der Waals surface area contributed by atoms with Crippen LogP contribution in [0, 0.1) is 0 Å². The van der Waals surface area contributed by atoms with Gasteiger partial charge in [-0.2, -0.15) is 5.10 Å². The number of methoxy groups -OCH3 is 1. The van der Waals surface area contributed by atoms with Crippen molar-refractivity contribution >= 4 is 23.2 Å². The van der Waals surface area contributed by atoms with Gasteiger partial charge >= 0.3 is 0 Å². The van der Waals surface area contributed by atoms with Crippen LogP contribution >= 0.6 is 23.2 Å². The van der Waals surface area contributed by atoms with Gasteiger partial charge in [0.2, 0.25) is 0 Å². The van der Waals surface area contributed by atoms with Crippen LogP contribution in [-0.2, 0) is 11.3 Å². The molecule has 0 radical (unpaired) electrons. The van der Waals surface area contributed by atoms with Gasteiger partial charge in [0.25, 0.3) is 0 Å². The van der Waals surface area contributed by atoms with Crippen molar-refractivity contribution in [2.75, 3.05) is 20.3 Å². The lowest BCUT2D eigenvalue weighted by molar-refractivity contribution is 0.199. The third-order valence-electron chi connectivity index (χ3n) is 2.59. The van der Waals surface area contributed by atoms with E-state index >= 15 is 0 Å². The molecule has 1 aromatic heterocycles. The summed E-state index contributed by atoms with van der Waals surface area (Å²) in [5.41, 5.74) is 1.71. The van der Waals surface area contributed by atoms with Crippen LogP contribution in [0.5, 0.6) is 0 Å². The van der Waals surface area contributed by atoms with Crippen LogP contribution in [0.3, 0.4) is 0 Å². The Morgan fingerprint density at radius 2 is 2.16 bits per heavy atom. The third-order valence-corrected chi connectivity index (χ3v) is 3.14. The van der Waals surface area contributed by atoms with E-state index in [0.717, 1.165) is 17.9 Å². The number of hydrogen-bond donors (Lipinski definition) is 1. The molecule has 0 aliphatic rings. The number of hydrogen-bond acceptors (Lipinski definition) is 3. The first-order valence-corrected chi connectivity index (χ1v) is 6.66. The van der Waals surface area contributed by atoms with Crippen molar-refractivity contribution in [2.45, 2.75) is 6.54 Å². The number of aromatic nitrogens is 2. The number of benzene rings is 1. The first-order valence-electron chi connectivity index (χ1n) is 5.90. The molecule has 0 fully saturated rings. The van der Waals surface area contributed by atoms with Crippen LogP contribution in [0.4, 0.5) is 0 Å². The van der Waals surface area contributed by atoms with Crippen LogP contribution in [0.25, 0.3) is 5.69 Å². The minimum Gasteiger partial charge on any atom is -0.383 e. The summed E-state index contributed by atoms with van der Waals surface area (Å²) in [4.78, 5) is 0. The number of rotatable bonds is 6. The van der Waals surface area contributed by atoms with Gasteiger partial charge in [0.05, 0.1) is 23.0 Å². The Morgan fingerprint density at radius 3 is 2.95 bits per heavy atom. The quantitative estimate of drug-likeness (QED) is 0.834. The Morgan fingerprint density at radius 1 is 1.32 bits per heavy atom. The lowest BCUT2D eigenvalue weighted by Gasteiger charge is -2.05. The van der Waals surface area contributed by atoms with E-state index in [2.05, 4.69) is 10.4 Å². The molecule has 0 saturated heterocycles. The summed E-state index contributed by atoms with van der Waals surface area (Å²) in [5, 5.41) is 8.93. The van der Waals surface area contributed by atoms with Crippen molar-refractivity contribution in [3.05, 3.63) is 46.2 Å². The average molecular weight is 300 g/mol. The zero-order valence-electron chi connectivity index (χ0n) is 10.6. The summed E-state index contributed by atoms with van der Waals surface area (Å²) in [7, 11) is 1.68. The Kier molecular flexibility index (Phi) is 5.22. The summed E-state index contributed by atoms with van der Waals surface area (Å²) in [6, 6.07) is 7.25. The largest absolute Gasteiger partial charge is 0.383 e. The molecule has 0 amide bonds. The van der Waals surface area contributed by atoms with E-state index in [0.29, 0.717) is 23.2 Å². The standard InChI is InChI=1S/C13H15Cl2N3O/c1-19-7-5-16-9-11-4-6-18(17-11)13-8-10(14)2-3-12(13)15/h2-4,6,8,16H,5,7,9H2,1H3. The maximum absolute atomic E-state index is 6.13. The molecule has 1 N–H and O–H groups in total. The molecule has 0 aliphatic carbocycles. The van der Waals surface area contributed by atoms with Crippen LogP contribution in [-0.4, -0.2) is 30.0 Å². The predicted molar refractivity (Wildman–Crippen MR) is 77.2 cm³/mol. The molecule has 0 bridgehead atoms.